The van der Waals surface area contributed by atoms with Gasteiger partial charge in [0.1, 0.15) is 0 Å². The Bertz CT molecular complexity index is 509. The molecule has 5 heteroatoms. The molecule has 1 aliphatic heterocycles. The zero-order chi connectivity index (χ0) is 14.8. The fourth-order valence-corrected chi connectivity index (χ4v) is 4.04. The monoisotopic (exact) mass is 342 g/mol. The minimum Gasteiger partial charge on any atom is -0.348 e. The van der Waals surface area contributed by atoms with Gasteiger partial charge in [-0.1, -0.05) is 42.6 Å². The number of hydrogen-bond donors (Lipinski definition) is 2. The lowest BCUT2D eigenvalue weighted by molar-refractivity contribution is -0.123. The molecule has 122 valence electrons. The van der Waals surface area contributed by atoms with Crippen molar-refractivity contribution in [3.05, 3.63) is 34.9 Å². The number of carbonyl (C=O) groups excluding carboxylic acids is 1. The zero-order valence-electron chi connectivity index (χ0n) is 12.8. The molecular formula is C17H24Cl2N2O. The quantitative estimate of drug-likeness (QED) is 0.875. The van der Waals surface area contributed by atoms with Gasteiger partial charge in [0.15, 0.2) is 0 Å². The molecule has 2 N–H and O–H groups in total. The van der Waals surface area contributed by atoms with Gasteiger partial charge in [0.05, 0.1) is 12.1 Å². The van der Waals surface area contributed by atoms with Gasteiger partial charge in [-0.05, 0) is 43.7 Å². The fourth-order valence-electron chi connectivity index (χ4n) is 3.74. The summed E-state index contributed by atoms with van der Waals surface area (Å²) in [6.45, 7) is 1.99. The molecule has 4 atom stereocenters. The molecule has 1 saturated heterocycles. The van der Waals surface area contributed by atoms with Crippen LogP contribution in [-0.2, 0) is 4.79 Å². The third kappa shape index (κ3) is 3.76. The maximum atomic E-state index is 12.5. The summed E-state index contributed by atoms with van der Waals surface area (Å²) in [6, 6.07) is 8.14. The molecule has 3 rings (SSSR count). The van der Waals surface area contributed by atoms with E-state index in [4.69, 9.17) is 11.6 Å². The van der Waals surface area contributed by atoms with E-state index in [1.54, 1.807) is 0 Å². The second kappa shape index (κ2) is 7.67. The predicted octanol–water partition coefficient (Wildman–Crippen LogP) is 3.86. The third-order valence-electron chi connectivity index (χ3n) is 4.91. The van der Waals surface area contributed by atoms with Crippen molar-refractivity contribution in [2.45, 2.75) is 57.2 Å². The van der Waals surface area contributed by atoms with E-state index in [2.05, 4.69) is 10.6 Å². The Morgan fingerprint density at radius 3 is 2.77 bits per heavy atom. The standard InChI is InChI=1S/C17H23ClN2O.ClH/c1-11(13-7-3-4-8-14(13)18)19-17(21)16-10-12-6-2-5-9-15(12)20-16;/h3-4,7-8,11-12,15-16,20H,2,5-6,9-10H2,1H3,(H,19,21);1H. The van der Waals surface area contributed by atoms with Crippen LogP contribution in [0.3, 0.4) is 0 Å². The lowest BCUT2D eigenvalue weighted by atomic mass is 9.85. The minimum atomic E-state index is -0.0596. The second-order valence-electron chi connectivity index (χ2n) is 6.36. The van der Waals surface area contributed by atoms with E-state index in [1.165, 1.54) is 25.7 Å². The molecule has 2 fully saturated rings. The summed E-state index contributed by atoms with van der Waals surface area (Å²) in [5, 5.41) is 7.33. The van der Waals surface area contributed by atoms with Crippen LogP contribution in [-0.4, -0.2) is 18.0 Å². The van der Waals surface area contributed by atoms with Crippen LogP contribution in [0.4, 0.5) is 0 Å². The maximum absolute atomic E-state index is 12.5. The van der Waals surface area contributed by atoms with E-state index in [0.29, 0.717) is 17.0 Å². The third-order valence-corrected chi connectivity index (χ3v) is 5.25. The van der Waals surface area contributed by atoms with Crippen molar-refractivity contribution in [3.63, 3.8) is 0 Å². The molecule has 0 spiro atoms. The van der Waals surface area contributed by atoms with Gasteiger partial charge in [0, 0.05) is 11.1 Å². The van der Waals surface area contributed by atoms with Gasteiger partial charge in [0.2, 0.25) is 5.91 Å². The number of amides is 1. The van der Waals surface area contributed by atoms with Gasteiger partial charge in [-0.25, -0.2) is 0 Å². The van der Waals surface area contributed by atoms with E-state index < -0.39 is 0 Å². The van der Waals surface area contributed by atoms with Crippen molar-refractivity contribution in [2.24, 2.45) is 5.92 Å². The summed E-state index contributed by atoms with van der Waals surface area (Å²) in [4.78, 5) is 12.5. The van der Waals surface area contributed by atoms with E-state index in [-0.39, 0.29) is 30.4 Å². The molecule has 2 aliphatic rings. The highest BCUT2D eigenvalue weighted by Crippen LogP contribution is 2.33. The normalized spacial score (nSPS) is 28.4. The summed E-state index contributed by atoms with van der Waals surface area (Å²) < 4.78 is 0. The smallest absolute Gasteiger partial charge is 0.237 e. The first kappa shape index (κ1) is 17.6. The molecule has 0 aromatic heterocycles. The summed E-state index contributed by atoms with van der Waals surface area (Å²) in [7, 11) is 0. The number of rotatable bonds is 3. The largest absolute Gasteiger partial charge is 0.348 e. The first-order chi connectivity index (χ1) is 10.1. The number of fused-ring (bicyclic) bond motifs is 1. The highest BCUT2D eigenvalue weighted by molar-refractivity contribution is 6.31. The Balaban J connectivity index is 0.00000176. The van der Waals surface area contributed by atoms with Gasteiger partial charge < -0.3 is 10.6 Å². The average Bonchev–Trinajstić information content (AvgIpc) is 2.91. The predicted molar refractivity (Wildman–Crippen MR) is 92.5 cm³/mol. The molecule has 0 bridgehead atoms. The van der Waals surface area contributed by atoms with E-state index in [1.807, 2.05) is 31.2 Å². The lowest BCUT2D eigenvalue weighted by Crippen LogP contribution is -2.43. The van der Waals surface area contributed by atoms with Crippen LogP contribution in [0.5, 0.6) is 0 Å². The van der Waals surface area contributed by atoms with Crippen molar-refractivity contribution >= 4 is 29.9 Å². The van der Waals surface area contributed by atoms with Crippen molar-refractivity contribution in [3.8, 4) is 0 Å². The van der Waals surface area contributed by atoms with E-state index in [9.17, 15) is 4.79 Å². The zero-order valence-corrected chi connectivity index (χ0v) is 14.4. The molecule has 1 heterocycles. The van der Waals surface area contributed by atoms with Gasteiger partial charge >= 0.3 is 0 Å². The Hall–Kier alpha value is -0.770. The highest BCUT2D eigenvalue weighted by Gasteiger charge is 2.38. The van der Waals surface area contributed by atoms with Crippen LogP contribution in [0.1, 0.15) is 50.6 Å². The van der Waals surface area contributed by atoms with Crippen molar-refractivity contribution < 1.29 is 4.79 Å². The first-order valence-corrected chi connectivity index (χ1v) is 8.34. The molecule has 3 nitrogen and oxygen atoms in total. The number of benzene rings is 1. The fraction of sp³-hybridized carbons (Fsp3) is 0.588. The average molecular weight is 343 g/mol. The SMILES string of the molecule is CC(NC(=O)C1CC2CCCCC2N1)c1ccccc1Cl.Cl. The molecule has 1 saturated carbocycles. The van der Waals surface area contributed by atoms with Crippen LogP contribution in [0.2, 0.25) is 5.02 Å². The van der Waals surface area contributed by atoms with Gasteiger partial charge in [-0.3, -0.25) is 4.79 Å². The molecule has 1 aromatic carbocycles. The molecule has 1 aromatic rings. The van der Waals surface area contributed by atoms with Crippen LogP contribution >= 0.6 is 24.0 Å². The topological polar surface area (TPSA) is 41.1 Å². The number of halogens is 2. The summed E-state index contributed by atoms with van der Waals surface area (Å²) >= 11 is 6.19. The van der Waals surface area contributed by atoms with Crippen molar-refractivity contribution in [2.75, 3.05) is 0 Å². The Morgan fingerprint density at radius 1 is 1.32 bits per heavy atom. The van der Waals surface area contributed by atoms with Crippen molar-refractivity contribution in [1.29, 1.82) is 0 Å². The Morgan fingerprint density at radius 2 is 2.05 bits per heavy atom. The van der Waals surface area contributed by atoms with Gasteiger partial charge in [-0.15, -0.1) is 12.4 Å². The lowest BCUT2D eigenvalue weighted by Gasteiger charge is -2.24. The van der Waals surface area contributed by atoms with Gasteiger partial charge in [0.25, 0.3) is 0 Å². The molecule has 22 heavy (non-hydrogen) atoms. The number of carbonyl (C=O) groups is 1. The van der Waals surface area contributed by atoms with Crippen LogP contribution in [0, 0.1) is 5.92 Å². The summed E-state index contributed by atoms with van der Waals surface area (Å²) in [5.41, 5.74) is 0.975. The summed E-state index contributed by atoms with van der Waals surface area (Å²) in [5.74, 6) is 0.793. The maximum Gasteiger partial charge on any atom is 0.237 e. The highest BCUT2D eigenvalue weighted by atomic mass is 35.5. The Kier molecular flexibility index (Phi) is 6.13. The second-order valence-corrected chi connectivity index (χ2v) is 6.76. The molecule has 1 amide bonds. The van der Waals surface area contributed by atoms with Crippen molar-refractivity contribution in [1.82, 2.24) is 10.6 Å². The molecule has 0 radical (unpaired) electrons. The Labute approximate surface area is 143 Å². The first-order valence-electron chi connectivity index (χ1n) is 7.96. The molecule has 4 unspecified atom stereocenters. The minimum absolute atomic E-state index is 0. The number of hydrogen-bond acceptors (Lipinski definition) is 2. The van der Waals surface area contributed by atoms with E-state index >= 15 is 0 Å². The van der Waals surface area contributed by atoms with Crippen LogP contribution in [0.15, 0.2) is 24.3 Å². The van der Waals surface area contributed by atoms with Crippen LogP contribution in [0.25, 0.3) is 0 Å². The van der Waals surface area contributed by atoms with E-state index in [0.717, 1.165) is 12.0 Å². The van der Waals surface area contributed by atoms with Crippen LogP contribution < -0.4 is 10.6 Å². The molecular weight excluding hydrogens is 319 g/mol. The molecule has 1 aliphatic carbocycles. The van der Waals surface area contributed by atoms with Gasteiger partial charge in [-0.2, -0.15) is 0 Å². The summed E-state index contributed by atoms with van der Waals surface area (Å²) in [6.07, 6.45) is 6.06. The number of nitrogens with one attached hydrogen (secondary N) is 2.